The number of nitrogens with zero attached hydrogens (tertiary/aromatic N) is 2. The van der Waals surface area contributed by atoms with E-state index < -0.39 is 0 Å². The van der Waals surface area contributed by atoms with E-state index in [1.165, 1.54) is 0 Å². The second-order valence-corrected chi connectivity index (χ2v) is 7.52. The van der Waals surface area contributed by atoms with Crippen molar-refractivity contribution < 1.29 is 9.53 Å². The smallest absolute Gasteiger partial charge is 0.276 e. The van der Waals surface area contributed by atoms with Crippen molar-refractivity contribution >= 4 is 23.2 Å². The predicted molar refractivity (Wildman–Crippen MR) is 95.2 cm³/mol. The van der Waals surface area contributed by atoms with Crippen LogP contribution in [0.15, 0.2) is 24.3 Å². The fourth-order valence-corrected chi connectivity index (χ4v) is 2.84. The standard InChI is InChI=1S/C18H22ClN3O2/c1-18(2,3)22-16(11-5-6-11)10-15(21-22)17(23)20-14-8-7-12(24-4)9-13(14)19/h7-11H,5-6H2,1-4H3,(H,20,23). The number of carbonyl (C=O) groups excluding carboxylic acids is 1. The number of halogens is 1. The quantitative estimate of drug-likeness (QED) is 0.890. The number of hydrogen-bond acceptors (Lipinski definition) is 3. The maximum atomic E-state index is 12.6. The number of anilines is 1. The zero-order valence-electron chi connectivity index (χ0n) is 14.4. The molecule has 24 heavy (non-hydrogen) atoms. The Bertz CT molecular complexity index is 773. The van der Waals surface area contributed by atoms with Crippen molar-refractivity contribution in [3.8, 4) is 5.75 Å². The fourth-order valence-electron chi connectivity index (χ4n) is 2.62. The summed E-state index contributed by atoms with van der Waals surface area (Å²) in [5.74, 6) is 0.904. The molecule has 3 rings (SSSR count). The zero-order valence-corrected chi connectivity index (χ0v) is 15.1. The van der Waals surface area contributed by atoms with Crippen LogP contribution in [0.3, 0.4) is 0 Å². The molecule has 1 heterocycles. The Morgan fingerprint density at radius 2 is 2.04 bits per heavy atom. The van der Waals surface area contributed by atoms with E-state index >= 15 is 0 Å². The topological polar surface area (TPSA) is 56.1 Å². The Morgan fingerprint density at radius 3 is 2.58 bits per heavy atom. The lowest BCUT2D eigenvalue weighted by Gasteiger charge is -2.22. The van der Waals surface area contributed by atoms with Gasteiger partial charge in [-0.2, -0.15) is 5.10 Å². The van der Waals surface area contributed by atoms with Crippen LogP contribution in [0.5, 0.6) is 5.75 Å². The lowest BCUT2D eigenvalue weighted by molar-refractivity contribution is 0.102. The molecule has 1 N–H and O–H groups in total. The van der Waals surface area contributed by atoms with Crippen molar-refractivity contribution in [3.05, 3.63) is 40.7 Å². The highest BCUT2D eigenvalue weighted by Crippen LogP contribution is 2.41. The summed E-state index contributed by atoms with van der Waals surface area (Å²) in [5.41, 5.74) is 1.93. The third kappa shape index (κ3) is 3.41. The van der Waals surface area contributed by atoms with Crippen molar-refractivity contribution in [3.63, 3.8) is 0 Å². The Balaban J connectivity index is 1.85. The van der Waals surface area contributed by atoms with Gasteiger partial charge < -0.3 is 10.1 Å². The first kappa shape index (κ1) is 16.8. The van der Waals surface area contributed by atoms with Gasteiger partial charge in [0.25, 0.3) is 5.91 Å². The SMILES string of the molecule is COc1ccc(NC(=O)c2cc(C3CC3)n(C(C)(C)C)n2)c(Cl)c1. The molecule has 1 amide bonds. The number of carbonyl (C=O) groups is 1. The van der Waals surface area contributed by atoms with E-state index in [0.29, 0.717) is 28.1 Å². The molecule has 1 aromatic carbocycles. The van der Waals surface area contributed by atoms with Gasteiger partial charge in [0.15, 0.2) is 5.69 Å². The molecule has 0 aliphatic heterocycles. The third-order valence-electron chi connectivity index (χ3n) is 4.03. The number of methoxy groups -OCH3 is 1. The van der Waals surface area contributed by atoms with Crippen LogP contribution < -0.4 is 10.1 Å². The molecular weight excluding hydrogens is 326 g/mol. The van der Waals surface area contributed by atoms with Gasteiger partial charge in [-0.25, -0.2) is 0 Å². The second-order valence-electron chi connectivity index (χ2n) is 7.11. The van der Waals surface area contributed by atoms with Crippen LogP contribution >= 0.6 is 11.6 Å². The average Bonchev–Trinajstić information content (AvgIpc) is 3.26. The number of ether oxygens (including phenoxy) is 1. The number of aromatic nitrogens is 2. The molecule has 0 bridgehead atoms. The molecule has 0 spiro atoms. The summed E-state index contributed by atoms with van der Waals surface area (Å²) in [4.78, 5) is 12.6. The minimum Gasteiger partial charge on any atom is -0.497 e. The van der Waals surface area contributed by atoms with E-state index in [0.717, 1.165) is 18.5 Å². The average molecular weight is 348 g/mol. The largest absolute Gasteiger partial charge is 0.497 e. The molecule has 5 nitrogen and oxygen atoms in total. The molecular formula is C18H22ClN3O2. The molecule has 6 heteroatoms. The van der Waals surface area contributed by atoms with E-state index in [1.54, 1.807) is 25.3 Å². The van der Waals surface area contributed by atoms with Gasteiger partial charge in [0.2, 0.25) is 0 Å². The highest BCUT2D eigenvalue weighted by molar-refractivity contribution is 6.34. The Kier molecular flexibility index (Phi) is 4.30. The van der Waals surface area contributed by atoms with Gasteiger partial charge >= 0.3 is 0 Å². The number of benzene rings is 1. The summed E-state index contributed by atoms with van der Waals surface area (Å²) >= 11 is 6.19. The van der Waals surface area contributed by atoms with Gasteiger partial charge in [-0.1, -0.05) is 11.6 Å². The van der Waals surface area contributed by atoms with Crippen molar-refractivity contribution in [2.75, 3.05) is 12.4 Å². The van der Waals surface area contributed by atoms with Gasteiger partial charge in [0, 0.05) is 17.7 Å². The Labute approximate surface area is 147 Å². The molecule has 1 saturated carbocycles. The number of rotatable bonds is 4. The molecule has 1 aromatic heterocycles. The molecule has 0 radical (unpaired) electrons. The van der Waals surface area contributed by atoms with Crippen LogP contribution in [0.1, 0.15) is 55.7 Å². The first-order valence-electron chi connectivity index (χ1n) is 8.05. The van der Waals surface area contributed by atoms with Crippen LogP contribution in [-0.4, -0.2) is 22.8 Å². The van der Waals surface area contributed by atoms with Gasteiger partial charge in [0.05, 0.1) is 23.4 Å². The Hall–Kier alpha value is -2.01. The minimum atomic E-state index is -0.257. The van der Waals surface area contributed by atoms with Gasteiger partial charge in [-0.05, 0) is 51.8 Å². The van der Waals surface area contributed by atoms with Crippen LogP contribution in [0.2, 0.25) is 5.02 Å². The number of hydrogen-bond donors (Lipinski definition) is 1. The van der Waals surface area contributed by atoms with Crippen molar-refractivity contribution in [1.29, 1.82) is 0 Å². The summed E-state index contributed by atoms with van der Waals surface area (Å²) < 4.78 is 7.08. The molecule has 1 fully saturated rings. The monoisotopic (exact) mass is 347 g/mol. The molecule has 0 atom stereocenters. The summed E-state index contributed by atoms with van der Waals surface area (Å²) in [6.07, 6.45) is 2.32. The van der Waals surface area contributed by atoms with E-state index in [-0.39, 0.29) is 11.4 Å². The second kappa shape index (κ2) is 6.13. The van der Waals surface area contributed by atoms with Crippen molar-refractivity contribution in [2.45, 2.75) is 45.1 Å². The minimum absolute atomic E-state index is 0.159. The van der Waals surface area contributed by atoms with Gasteiger partial charge in [-0.15, -0.1) is 0 Å². The van der Waals surface area contributed by atoms with E-state index in [4.69, 9.17) is 16.3 Å². The number of nitrogens with one attached hydrogen (secondary N) is 1. The molecule has 0 unspecified atom stereocenters. The maximum Gasteiger partial charge on any atom is 0.276 e. The van der Waals surface area contributed by atoms with E-state index in [9.17, 15) is 4.79 Å². The molecule has 128 valence electrons. The lowest BCUT2D eigenvalue weighted by atomic mass is 10.1. The summed E-state index contributed by atoms with van der Waals surface area (Å²) in [7, 11) is 1.57. The summed E-state index contributed by atoms with van der Waals surface area (Å²) in [6.45, 7) is 6.27. The normalized spacial score (nSPS) is 14.5. The lowest BCUT2D eigenvalue weighted by Crippen LogP contribution is -2.25. The van der Waals surface area contributed by atoms with Gasteiger partial charge in [0.1, 0.15) is 5.75 Å². The van der Waals surface area contributed by atoms with Crippen LogP contribution in [0.4, 0.5) is 5.69 Å². The predicted octanol–water partition coefficient (Wildman–Crippen LogP) is 4.43. The van der Waals surface area contributed by atoms with E-state index in [1.807, 2.05) is 10.7 Å². The first-order chi connectivity index (χ1) is 11.3. The van der Waals surface area contributed by atoms with Crippen LogP contribution in [0.25, 0.3) is 0 Å². The zero-order chi connectivity index (χ0) is 17.5. The molecule has 2 aromatic rings. The molecule has 1 aliphatic rings. The third-order valence-corrected chi connectivity index (χ3v) is 4.34. The maximum absolute atomic E-state index is 12.6. The van der Waals surface area contributed by atoms with Gasteiger partial charge in [-0.3, -0.25) is 9.48 Å². The highest BCUT2D eigenvalue weighted by Gasteiger charge is 2.32. The molecule has 0 saturated heterocycles. The number of amides is 1. The molecule has 1 aliphatic carbocycles. The van der Waals surface area contributed by atoms with E-state index in [2.05, 4.69) is 31.2 Å². The van der Waals surface area contributed by atoms with Crippen LogP contribution in [-0.2, 0) is 5.54 Å². The first-order valence-corrected chi connectivity index (χ1v) is 8.42. The van der Waals surface area contributed by atoms with Crippen molar-refractivity contribution in [2.24, 2.45) is 0 Å². The Morgan fingerprint density at radius 1 is 1.33 bits per heavy atom. The summed E-state index contributed by atoms with van der Waals surface area (Å²) in [6, 6.07) is 7.04. The van der Waals surface area contributed by atoms with Crippen molar-refractivity contribution in [1.82, 2.24) is 9.78 Å². The summed E-state index contributed by atoms with van der Waals surface area (Å²) in [5, 5.41) is 7.80. The fraction of sp³-hybridized carbons (Fsp3) is 0.444. The van der Waals surface area contributed by atoms with Crippen LogP contribution in [0, 0.1) is 0 Å². The highest BCUT2D eigenvalue weighted by atomic mass is 35.5.